The predicted molar refractivity (Wildman–Crippen MR) is 151 cm³/mol. The summed E-state index contributed by atoms with van der Waals surface area (Å²) < 4.78 is 5.43. The summed E-state index contributed by atoms with van der Waals surface area (Å²) >= 11 is 6.36. The van der Waals surface area contributed by atoms with Gasteiger partial charge >= 0.3 is 6.03 Å². The highest BCUT2D eigenvalue weighted by atomic mass is 35.5. The van der Waals surface area contributed by atoms with Crippen LogP contribution in [0.1, 0.15) is 24.0 Å². The van der Waals surface area contributed by atoms with Crippen molar-refractivity contribution in [2.75, 3.05) is 58.4 Å². The number of aromatic nitrogens is 1. The lowest BCUT2D eigenvalue weighted by molar-refractivity contribution is -0.121. The molecule has 38 heavy (non-hydrogen) atoms. The molecule has 2 N–H and O–H groups in total. The number of nitrogens with one attached hydrogen (secondary N) is 2. The third kappa shape index (κ3) is 5.53. The Hall–Kier alpha value is -3.07. The van der Waals surface area contributed by atoms with Crippen LogP contribution in [0.15, 0.2) is 48.7 Å². The van der Waals surface area contributed by atoms with Crippen molar-refractivity contribution in [2.24, 2.45) is 5.92 Å². The van der Waals surface area contributed by atoms with Crippen LogP contribution in [0, 0.1) is 5.92 Å². The molecular weight excluding hydrogens is 502 g/mol. The number of carbonyl (C=O) groups excluding carboxylic acids is 2. The van der Waals surface area contributed by atoms with E-state index >= 15 is 0 Å². The highest BCUT2D eigenvalue weighted by molar-refractivity contribution is 6.30. The van der Waals surface area contributed by atoms with Gasteiger partial charge in [0.15, 0.2) is 0 Å². The number of carbonyl (C=O) groups is 2. The van der Waals surface area contributed by atoms with E-state index in [0.29, 0.717) is 37.9 Å². The van der Waals surface area contributed by atoms with E-state index < -0.39 is 6.04 Å². The molecule has 3 heterocycles. The van der Waals surface area contributed by atoms with Crippen molar-refractivity contribution < 1.29 is 14.3 Å². The summed E-state index contributed by atoms with van der Waals surface area (Å²) in [6.45, 7) is 5.44. The number of nitrogens with zero attached hydrogens (tertiary/aromatic N) is 3. The van der Waals surface area contributed by atoms with Crippen molar-refractivity contribution in [2.45, 2.75) is 25.3 Å². The van der Waals surface area contributed by atoms with Crippen molar-refractivity contribution in [3.63, 3.8) is 0 Å². The van der Waals surface area contributed by atoms with E-state index in [1.54, 1.807) is 4.90 Å². The van der Waals surface area contributed by atoms with Crippen LogP contribution in [0.3, 0.4) is 0 Å². The summed E-state index contributed by atoms with van der Waals surface area (Å²) in [6, 6.07) is 12.8. The fourth-order valence-electron chi connectivity index (χ4n) is 5.77. The van der Waals surface area contributed by atoms with E-state index in [0.717, 1.165) is 40.7 Å². The number of benzene rings is 2. The molecule has 5 rings (SSSR count). The normalized spacial score (nSPS) is 19.3. The molecule has 2 aromatic carbocycles. The van der Waals surface area contributed by atoms with Gasteiger partial charge in [0.05, 0.1) is 13.2 Å². The Labute approximate surface area is 228 Å². The minimum Gasteiger partial charge on any atom is -0.378 e. The van der Waals surface area contributed by atoms with Crippen LogP contribution in [0.5, 0.6) is 0 Å². The van der Waals surface area contributed by atoms with Crippen molar-refractivity contribution in [3.8, 4) is 0 Å². The number of anilines is 1. The molecule has 0 radical (unpaired) electrons. The number of rotatable bonds is 6. The number of para-hydroxylation sites is 1. The first-order valence-electron chi connectivity index (χ1n) is 13.3. The maximum Gasteiger partial charge on any atom is 0.318 e. The molecule has 1 saturated heterocycles. The molecule has 0 aliphatic carbocycles. The molecule has 3 amide bonds. The highest BCUT2D eigenvalue weighted by Crippen LogP contribution is 2.35. The fourth-order valence-corrected chi connectivity index (χ4v) is 5.96. The van der Waals surface area contributed by atoms with Crippen LogP contribution in [0.4, 0.5) is 10.5 Å². The van der Waals surface area contributed by atoms with Gasteiger partial charge in [-0.2, -0.15) is 0 Å². The summed E-state index contributed by atoms with van der Waals surface area (Å²) in [5, 5.41) is 4.83. The molecule has 1 fully saturated rings. The summed E-state index contributed by atoms with van der Waals surface area (Å²) in [6.07, 6.45) is 2.80. The average molecular weight is 538 g/mol. The summed E-state index contributed by atoms with van der Waals surface area (Å²) in [7, 11) is 4.09. The Kier molecular flexibility index (Phi) is 7.93. The first-order valence-corrected chi connectivity index (χ1v) is 13.6. The number of hydrogen-bond acceptors (Lipinski definition) is 4. The number of urea groups is 1. The number of morpholine rings is 1. The Morgan fingerprint density at radius 1 is 1.18 bits per heavy atom. The first-order chi connectivity index (χ1) is 18.3. The molecule has 0 bridgehead atoms. The SMILES string of the molecule is CC(c1c[nH]c2ccccc12)C(NC(=O)N1CCOCC1)C(=O)N1C[C@@H](CN(C)C)Cc2cc(Cl)ccc21. The van der Waals surface area contributed by atoms with Crippen LogP contribution >= 0.6 is 11.6 Å². The molecule has 2 aliphatic heterocycles. The van der Waals surface area contributed by atoms with E-state index in [2.05, 4.69) is 15.2 Å². The Bertz CT molecular complexity index is 1300. The van der Waals surface area contributed by atoms with Gasteiger partial charge in [-0.3, -0.25) is 4.79 Å². The van der Waals surface area contributed by atoms with Crippen molar-refractivity contribution in [1.29, 1.82) is 0 Å². The van der Waals surface area contributed by atoms with E-state index in [4.69, 9.17) is 16.3 Å². The molecule has 9 heteroatoms. The minimum absolute atomic E-state index is 0.114. The zero-order chi connectivity index (χ0) is 26.8. The monoisotopic (exact) mass is 537 g/mol. The lowest BCUT2D eigenvalue weighted by Gasteiger charge is -2.39. The minimum atomic E-state index is -0.758. The molecule has 0 spiro atoms. The number of halogens is 1. The van der Waals surface area contributed by atoms with E-state index in [9.17, 15) is 9.59 Å². The Morgan fingerprint density at radius 3 is 2.71 bits per heavy atom. The van der Waals surface area contributed by atoms with Crippen LogP contribution in [0.25, 0.3) is 10.9 Å². The third-order valence-electron chi connectivity index (χ3n) is 7.63. The lowest BCUT2D eigenvalue weighted by atomic mass is 9.88. The highest BCUT2D eigenvalue weighted by Gasteiger charge is 2.38. The Balaban J connectivity index is 1.51. The van der Waals surface area contributed by atoms with Crippen molar-refractivity contribution in [3.05, 3.63) is 64.8 Å². The van der Waals surface area contributed by atoms with Crippen LogP contribution in [-0.2, 0) is 16.0 Å². The van der Waals surface area contributed by atoms with Crippen molar-refractivity contribution in [1.82, 2.24) is 20.1 Å². The second kappa shape index (κ2) is 11.4. The number of H-pyrrole nitrogens is 1. The topological polar surface area (TPSA) is 80.9 Å². The van der Waals surface area contributed by atoms with Gasteiger partial charge < -0.3 is 29.7 Å². The van der Waals surface area contributed by atoms with Gasteiger partial charge in [0.1, 0.15) is 6.04 Å². The molecule has 202 valence electrons. The van der Waals surface area contributed by atoms with Gasteiger partial charge in [-0.25, -0.2) is 4.79 Å². The van der Waals surface area contributed by atoms with Crippen LogP contribution in [-0.4, -0.2) is 86.3 Å². The molecule has 2 unspecified atom stereocenters. The average Bonchev–Trinajstić information content (AvgIpc) is 3.34. The van der Waals surface area contributed by atoms with Gasteiger partial charge in [-0.05, 0) is 61.8 Å². The lowest BCUT2D eigenvalue weighted by Crippen LogP contribution is -2.57. The van der Waals surface area contributed by atoms with Gasteiger partial charge in [-0.1, -0.05) is 36.7 Å². The second-order valence-corrected chi connectivity index (χ2v) is 11.1. The van der Waals surface area contributed by atoms with Gasteiger partial charge in [0.25, 0.3) is 0 Å². The number of amides is 3. The molecule has 3 aromatic rings. The zero-order valence-electron chi connectivity index (χ0n) is 22.2. The largest absolute Gasteiger partial charge is 0.378 e. The third-order valence-corrected chi connectivity index (χ3v) is 7.86. The van der Waals surface area contributed by atoms with Gasteiger partial charge in [-0.15, -0.1) is 0 Å². The zero-order valence-corrected chi connectivity index (χ0v) is 23.0. The number of aromatic amines is 1. The predicted octanol–water partition coefficient (Wildman–Crippen LogP) is 4.10. The standard InChI is InChI=1S/C29H36ClN5O3/c1-19(24-16-31-25-7-5-4-6-23(24)25)27(32-29(37)34-10-12-38-13-11-34)28(36)35-18-20(17-33(2)3)14-21-15-22(30)8-9-26(21)35/h4-9,15-16,19-20,27,31H,10-14,17-18H2,1-3H3,(H,32,37)/t19?,20-,27?/m1/s1. The molecule has 8 nitrogen and oxygen atoms in total. The Morgan fingerprint density at radius 2 is 1.95 bits per heavy atom. The number of ether oxygens (including phenoxy) is 1. The molecule has 3 atom stereocenters. The van der Waals surface area contributed by atoms with Crippen molar-refractivity contribution >= 4 is 40.1 Å². The van der Waals surface area contributed by atoms with Crippen LogP contribution < -0.4 is 10.2 Å². The molecular formula is C29H36ClN5O3. The first kappa shape index (κ1) is 26.5. The maximum atomic E-state index is 14.5. The smallest absolute Gasteiger partial charge is 0.318 e. The summed E-state index contributed by atoms with van der Waals surface area (Å²) in [4.78, 5) is 36.9. The fraction of sp³-hybridized carbons (Fsp3) is 0.448. The van der Waals surface area contributed by atoms with E-state index in [1.165, 1.54) is 0 Å². The maximum absolute atomic E-state index is 14.5. The second-order valence-electron chi connectivity index (χ2n) is 10.7. The van der Waals surface area contributed by atoms with E-state index in [-0.39, 0.29) is 23.8 Å². The van der Waals surface area contributed by atoms with Gasteiger partial charge in [0.2, 0.25) is 5.91 Å². The van der Waals surface area contributed by atoms with E-state index in [1.807, 2.05) is 74.6 Å². The number of fused-ring (bicyclic) bond motifs is 2. The molecule has 2 aliphatic rings. The molecule has 0 saturated carbocycles. The summed E-state index contributed by atoms with van der Waals surface area (Å²) in [5.74, 6) is -0.135. The quantitative estimate of drug-likeness (QED) is 0.496. The number of hydrogen-bond donors (Lipinski definition) is 2. The van der Waals surface area contributed by atoms with Crippen LogP contribution in [0.2, 0.25) is 5.02 Å². The summed E-state index contributed by atoms with van der Waals surface area (Å²) in [5.41, 5.74) is 3.93. The molecule has 1 aromatic heterocycles. The van der Waals surface area contributed by atoms with Gasteiger partial charge in [0, 0.05) is 59.9 Å².